The average Bonchev–Trinajstić information content (AvgIpc) is 3.33. The largest absolute Gasteiger partial charge is 0.495 e. The van der Waals surface area contributed by atoms with Crippen molar-refractivity contribution in [2.45, 2.75) is 51.1 Å². The van der Waals surface area contributed by atoms with Crippen molar-refractivity contribution in [2.75, 3.05) is 31.6 Å². The van der Waals surface area contributed by atoms with Crippen LogP contribution >= 0.6 is 0 Å². The van der Waals surface area contributed by atoms with Gasteiger partial charge >= 0.3 is 0 Å². The lowest BCUT2D eigenvalue weighted by Gasteiger charge is -2.36. The summed E-state index contributed by atoms with van der Waals surface area (Å²) in [7, 11) is 1.63. The molecule has 0 radical (unpaired) electrons. The fourth-order valence-corrected chi connectivity index (χ4v) is 4.64. The first-order chi connectivity index (χ1) is 16.2. The van der Waals surface area contributed by atoms with Gasteiger partial charge in [-0.25, -0.2) is 4.68 Å². The first-order valence-corrected chi connectivity index (χ1v) is 12.0. The number of nitrogens with one attached hydrogen (secondary N) is 1. The van der Waals surface area contributed by atoms with Gasteiger partial charge in [0.15, 0.2) is 0 Å². The van der Waals surface area contributed by atoms with Crippen molar-refractivity contribution in [1.82, 2.24) is 30.3 Å². The molecule has 3 aromatic heterocycles. The summed E-state index contributed by atoms with van der Waals surface area (Å²) in [6.07, 6.45) is 14.1. The topological polar surface area (TPSA) is 81.0 Å². The Bertz CT molecular complexity index is 1050. The summed E-state index contributed by atoms with van der Waals surface area (Å²) in [6.45, 7) is 5.42. The minimum Gasteiger partial charge on any atom is -0.495 e. The smallest absolute Gasteiger partial charge is 0.137 e. The van der Waals surface area contributed by atoms with Gasteiger partial charge in [-0.05, 0) is 63.3 Å². The van der Waals surface area contributed by atoms with Crippen LogP contribution in [0.1, 0.15) is 50.8 Å². The average molecular weight is 448 g/mol. The van der Waals surface area contributed by atoms with Crippen LogP contribution in [0.2, 0.25) is 0 Å². The number of aromatic nitrogens is 5. The highest BCUT2D eigenvalue weighted by atomic mass is 16.5. The van der Waals surface area contributed by atoms with Crippen molar-refractivity contribution in [2.24, 2.45) is 5.92 Å². The third kappa shape index (κ3) is 5.00. The number of hydrogen-bond donors (Lipinski definition) is 1. The molecule has 8 nitrogen and oxygen atoms in total. The maximum atomic E-state index is 5.26. The lowest BCUT2D eigenvalue weighted by molar-refractivity contribution is 0.280. The van der Waals surface area contributed by atoms with Gasteiger partial charge in [0.2, 0.25) is 0 Å². The lowest BCUT2D eigenvalue weighted by atomic mass is 9.85. The van der Waals surface area contributed by atoms with Crippen LogP contribution in [0.15, 0.2) is 43.0 Å². The summed E-state index contributed by atoms with van der Waals surface area (Å²) >= 11 is 0. The van der Waals surface area contributed by atoms with Crippen LogP contribution in [0.5, 0.6) is 5.75 Å². The summed E-state index contributed by atoms with van der Waals surface area (Å²) in [4.78, 5) is 11.5. The molecule has 0 spiro atoms. The summed E-state index contributed by atoms with van der Waals surface area (Å²) in [5.74, 6) is 1.60. The fraction of sp³-hybridized carbons (Fsp3) is 0.520. The SMILES string of the molecule is COc1cncc(-c2cn(C(C)c3ccc(N4CCCC(NCC5CCC5)C4)cn3)nn2)c1. The molecule has 0 bridgehead atoms. The number of pyridine rings is 2. The minimum absolute atomic E-state index is 0.0166. The zero-order valence-electron chi connectivity index (χ0n) is 19.5. The predicted octanol–water partition coefficient (Wildman–Crippen LogP) is 3.71. The van der Waals surface area contributed by atoms with E-state index in [1.165, 1.54) is 44.3 Å². The number of nitrogens with zero attached hydrogens (tertiary/aromatic N) is 6. The van der Waals surface area contributed by atoms with Crippen LogP contribution < -0.4 is 15.0 Å². The third-order valence-corrected chi connectivity index (χ3v) is 7.06. The van der Waals surface area contributed by atoms with Crippen LogP contribution in [0, 0.1) is 5.92 Å². The standard InChI is InChI=1S/C25H33N7O/c1-18(32-17-25(29-30-32)20-11-23(33-2)15-26-13-20)24-9-8-22(14-28-24)31-10-4-7-21(16-31)27-12-19-5-3-6-19/h8-9,11,13-15,17-19,21,27H,3-7,10,12,16H2,1-2H3. The monoisotopic (exact) mass is 447 g/mol. The fourth-order valence-electron chi connectivity index (χ4n) is 4.64. The molecule has 0 aromatic carbocycles. The molecule has 4 heterocycles. The number of hydrogen-bond acceptors (Lipinski definition) is 7. The van der Waals surface area contributed by atoms with Gasteiger partial charge < -0.3 is 15.0 Å². The van der Waals surface area contributed by atoms with Crippen LogP contribution in [0.3, 0.4) is 0 Å². The minimum atomic E-state index is -0.0166. The Kier molecular flexibility index (Phi) is 6.53. The van der Waals surface area contributed by atoms with E-state index in [4.69, 9.17) is 9.72 Å². The van der Waals surface area contributed by atoms with Crippen molar-refractivity contribution < 1.29 is 4.74 Å². The Morgan fingerprint density at radius 1 is 1.15 bits per heavy atom. The molecule has 174 valence electrons. The molecule has 1 saturated heterocycles. The van der Waals surface area contributed by atoms with Gasteiger partial charge in [-0.2, -0.15) is 0 Å². The van der Waals surface area contributed by atoms with Crippen molar-refractivity contribution in [3.8, 4) is 17.0 Å². The Labute approximate surface area is 195 Å². The van der Waals surface area contributed by atoms with Crippen molar-refractivity contribution in [3.05, 3.63) is 48.7 Å². The van der Waals surface area contributed by atoms with Gasteiger partial charge in [-0.3, -0.25) is 9.97 Å². The second-order valence-electron chi connectivity index (χ2n) is 9.30. The van der Waals surface area contributed by atoms with Gasteiger partial charge in [-0.15, -0.1) is 5.10 Å². The van der Waals surface area contributed by atoms with E-state index in [0.29, 0.717) is 11.8 Å². The van der Waals surface area contributed by atoms with E-state index in [0.717, 1.165) is 36.0 Å². The molecule has 1 aliphatic heterocycles. The molecule has 33 heavy (non-hydrogen) atoms. The molecule has 8 heteroatoms. The Morgan fingerprint density at radius 2 is 2.06 bits per heavy atom. The molecule has 1 N–H and O–H groups in total. The first-order valence-electron chi connectivity index (χ1n) is 12.0. The molecule has 1 saturated carbocycles. The van der Waals surface area contributed by atoms with E-state index >= 15 is 0 Å². The number of ether oxygens (including phenoxy) is 1. The van der Waals surface area contributed by atoms with Gasteiger partial charge in [0.25, 0.3) is 0 Å². The Hall–Kier alpha value is -3.00. The van der Waals surface area contributed by atoms with Crippen LogP contribution in [-0.4, -0.2) is 57.7 Å². The van der Waals surface area contributed by atoms with Gasteiger partial charge in [0.1, 0.15) is 11.4 Å². The van der Waals surface area contributed by atoms with E-state index in [1.54, 1.807) is 19.5 Å². The summed E-state index contributed by atoms with van der Waals surface area (Å²) < 4.78 is 7.11. The van der Waals surface area contributed by atoms with Crippen LogP contribution in [0.25, 0.3) is 11.3 Å². The van der Waals surface area contributed by atoms with Crippen LogP contribution in [-0.2, 0) is 0 Å². The molecule has 2 atom stereocenters. The van der Waals surface area contributed by atoms with Gasteiger partial charge in [-0.1, -0.05) is 11.6 Å². The van der Waals surface area contributed by atoms with Crippen molar-refractivity contribution >= 4 is 5.69 Å². The molecule has 2 fully saturated rings. The molecule has 2 aliphatic rings. The lowest BCUT2D eigenvalue weighted by Crippen LogP contribution is -2.47. The molecule has 1 aliphatic carbocycles. The third-order valence-electron chi connectivity index (χ3n) is 7.06. The number of methoxy groups -OCH3 is 1. The van der Waals surface area contributed by atoms with Crippen LogP contribution in [0.4, 0.5) is 5.69 Å². The summed E-state index contributed by atoms with van der Waals surface area (Å²) in [5.41, 5.74) is 3.80. The molecule has 5 rings (SSSR count). The molecule has 2 unspecified atom stereocenters. The van der Waals surface area contributed by atoms with Crippen molar-refractivity contribution in [1.29, 1.82) is 0 Å². The maximum Gasteiger partial charge on any atom is 0.137 e. The zero-order chi connectivity index (χ0) is 22.6. The predicted molar refractivity (Wildman–Crippen MR) is 128 cm³/mol. The molecule has 3 aromatic rings. The van der Waals surface area contributed by atoms with Gasteiger partial charge in [0.05, 0.1) is 43.1 Å². The number of anilines is 1. The van der Waals surface area contributed by atoms with E-state index in [2.05, 4.69) is 44.6 Å². The second-order valence-corrected chi connectivity index (χ2v) is 9.30. The van der Waals surface area contributed by atoms with E-state index in [9.17, 15) is 0 Å². The van der Waals surface area contributed by atoms with Gasteiger partial charge in [0, 0.05) is 30.9 Å². The highest BCUT2D eigenvalue weighted by molar-refractivity contribution is 5.58. The van der Waals surface area contributed by atoms with E-state index in [1.807, 2.05) is 23.1 Å². The summed E-state index contributed by atoms with van der Waals surface area (Å²) in [6, 6.07) is 6.78. The zero-order valence-corrected chi connectivity index (χ0v) is 19.5. The quantitative estimate of drug-likeness (QED) is 0.564. The number of piperidine rings is 1. The molecular weight excluding hydrogens is 414 g/mol. The van der Waals surface area contributed by atoms with E-state index < -0.39 is 0 Å². The second kappa shape index (κ2) is 9.87. The normalized spacial score (nSPS) is 19.8. The first kappa shape index (κ1) is 21.8. The Morgan fingerprint density at radius 3 is 2.82 bits per heavy atom. The number of rotatable bonds is 8. The Balaban J connectivity index is 1.22. The summed E-state index contributed by atoms with van der Waals surface area (Å²) in [5, 5.41) is 12.5. The van der Waals surface area contributed by atoms with Crippen molar-refractivity contribution in [3.63, 3.8) is 0 Å². The molecule has 0 amide bonds. The molecular formula is C25H33N7O. The maximum absolute atomic E-state index is 5.26. The van der Waals surface area contributed by atoms with E-state index in [-0.39, 0.29) is 6.04 Å². The highest BCUT2D eigenvalue weighted by Crippen LogP contribution is 2.27. The highest BCUT2D eigenvalue weighted by Gasteiger charge is 2.23.